The van der Waals surface area contributed by atoms with Crippen molar-refractivity contribution in [2.45, 2.75) is 79.1 Å². The third-order valence-corrected chi connectivity index (χ3v) is 8.05. The third kappa shape index (κ3) is 12.6. The predicted octanol–water partition coefficient (Wildman–Crippen LogP) is 10.4. The molecule has 0 radical (unpaired) electrons. The van der Waals surface area contributed by atoms with Gasteiger partial charge in [0.2, 0.25) is 5.75 Å². The Morgan fingerprint density at radius 3 is 1.30 bits per heavy atom. The van der Waals surface area contributed by atoms with Gasteiger partial charge < -0.3 is 28.4 Å². The second kappa shape index (κ2) is 21.1. The maximum atomic E-state index is 13.3. The molecule has 53 heavy (non-hydrogen) atoms. The number of carbonyl (C=O) groups is 2. The summed E-state index contributed by atoms with van der Waals surface area (Å²) in [4.78, 5) is 38.0. The molecule has 0 aliphatic rings. The quantitative estimate of drug-likeness (QED) is 0.0253. The highest BCUT2D eigenvalue weighted by molar-refractivity contribution is 5.93. The van der Waals surface area contributed by atoms with Crippen LogP contribution in [-0.2, 0) is 0 Å². The summed E-state index contributed by atoms with van der Waals surface area (Å²) in [5, 5.41) is 12.1. The lowest BCUT2D eigenvalue weighted by atomic mass is 10.0. The van der Waals surface area contributed by atoms with Gasteiger partial charge in [-0.15, -0.1) is 0 Å². The van der Waals surface area contributed by atoms with Crippen molar-refractivity contribution in [2.75, 3.05) is 26.4 Å². The summed E-state index contributed by atoms with van der Waals surface area (Å²) in [6.45, 7) is 10.2. The number of rotatable bonds is 22. The van der Waals surface area contributed by atoms with Gasteiger partial charge in [0.15, 0.2) is 0 Å². The molecule has 0 aromatic heterocycles. The van der Waals surface area contributed by atoms with E-state index in [0.29, 0.717) is 60.6 Å². The Hall–Kier alpha value is -5.58. The van der Waals surface area contributed by atoms with Gasteiger partial charge in [-0.25, -0.2) is 9.59 Å². The molecule has 0 spiro atoms. The Kier molecular flexibility index (Phi) is 16.0. The van der Waals surface area contributed by atoms with E-state index in [1.54, 1.807) is 54.6 Å². The molecule has 0 bridgehead atoms. The van der Waals surface area contributed by atoms with Crippen LogP contribution in [0.2, 0.25) is 0 Å². The van der Waals surface area contributed by atoms with Gasteiger partial charge in [-0.1, -0.05) is 71.6 Å². The maximum absolute atomic E-state index is 13.3. The molecule has 4 aromatic carbocycles. The minimum absolute atomic E-state index is 0.144. The van der Waals surface area contributed by atoms with Gasteiger partial charge >= 0.3 is 17.6 Å². The lowest BCUT2D eigenvalue weighted by molar-refractivity contribution is -0.385. The van der Waals surface area contributed by atoms with Crippen LogP contribution >= 0.6 is 0 Å². The monoisotopic (exact) mass is 727 g/mol. The first-order valence-corrected chi connectivity index (χ1v) is 18.4. The topological polar surface area (TPSA) is 133 Å². The Morgan fingerprint density at radius 1 is 0.509 bits per heavy atom. The SMILES string of the molecule is CCCCOc1cc(OCCCC)cc(C(=O)Oc2ccc(-c3ccc(OC(=O)c4cc(OCCCC)cc(OCCCC)c4)c([N+](=O)[O-])c3)cc2)c1. The fourth-order valence-electron chi connectivity index (χ4n) is 5.02. The fraction of sp³-hybridized carbons (Fsp3) is 0.381. The first-order chi connectivity index (χ1) is 25.7. The van der Waals surface area contributed by atoms with Gasteiger partial charge in [0.05, 0.1) is 42.5 Å². The third-order valence-electron chi connectivity index (χ3n) is 8.05. The summed E-state index contributed by atoms with van der Waals surface area (Å²) in [5.74, 6) is 0.647. The molecule has 4 rings (SSSR count). The number of nitrogens with zero attached hydrogens (tertiary/aromatic N) is 1. The van der Waals surface area contributed by atoms with Crippen LogP contribution in [0, 0.1) is 10.1 Å². The van der Waals surface area contributed by atoms with E-state index < -0.39 is 16.9 Å². The molecule has 0 N–H and O–H groups in total. The summed E-state index contributed by atoms with van der Waals surface area (Å²) in [6.07, 6.45) is 7.28. The molecular weight excluding hydrogens is 678 g/mol. The van der Waals surface area contributed by atoms with Crippen LogP contribution in [0.5, 0.6) is 34.5 Å². The molecule has 0 heterocycles. The molecule has 11 heteroatoms. The largest absolute Gasteiger partial charge is 0.493 e. The van der Waals surface area contributed by atoms with Crippen molar-refractivity contribution >= 4 is 17.6 Å². The summed E-state index contributed by atoms with van der Waals surface area (Å²) in [5.41, 5.74) is 1.16. The van der Waals surface area contributed by atoms with E-state index in [1.165, 1.54) is 24.3 Å². The highest BCUT2D eigenvalue weighted by Crippen LogP contribution is 2.34. The normalized spacial score (nSPS) is 10.7. The molecule has 0 saturated carbocycles. The first kappa shape index (κ1) is 40.2. The minimum atomic E-state index is -0.786. The number of carbonyl (C=O) groups excluding carboxylic acids is 2. The summed E-state index contributed by atoms with van der Waals surface area (Å²) in [7, 11) is 0. The van der Waals surface area contributed by atoms with E-state index in [-0.39, 0.29) is 28.3 Å². The lowest BCUT2D eigenvalue weighted by Gasteiger charge is -2.13. The zero-order chi connectivity index (χ0) is 38.0. The summed E-state index contributed by atoms with van der Waals surface area (Å²) < 4.78 is 34.5. The van der Waals surface area contributed by atoms with Crippen molar-refractivity contribution in [3.8, 4) is 45.6 Å². The molecule has 282 valence electrons. The van der Waals surface area contributed by atoms with Crippen LogP contribution in [-0.4, -0.2) is 43.3 Å². The minimum Gasteiger partial charge on any atom is -0.493 e. The maximum Gasteiger partial charge on any atom is 0.344 e. The smallest absolute Gasteiger partial charge is 0.344 e. The van der Waals surface area contributed by atoms with Crippen molar-refractivity contribution in [1.29, 1.82) is 0 Å². The van der Waals surface area contributed by atoms with Gasteiger partial charge in [-0.05, 0) is 79.3 Å². The predicted molar refractivity (Wildman–Crippen MR) is 203 cm³/mol. The average Bonchev–Trinajstić information content (AvgIpc) is 3.15. The standard InChI is InChI=1S/C42H49NO10/c1-5-9-19-48-35-23-32(24-36(28-35)49-20-10-6-2)41(44)52-34-16-13-30(14-17-34)31-15-18-40(39(27-31)43(46)47)53-42(45)33-25-37(50-21-11-7-3)29-38(26-33)51-22-12-8-4/h13-18,23-29H,5-12,19-22H2,1-4H3. The van der Waals surface area contributed by atoms with Crippen LogP contribution in [0.4, 0.5) is 5.69 Å². The van der Waals surface area contributed by atoms with Gasteiger partial charge in [-0.2, -0.15) is 0 Å². The highest BCUT2D eigenvalue weighted by atomic mass is 16.6. The second-order valence-corrected chi connectivity index (χ2v) is 12.4. The molecule has 0 aliphatic heterocycles. The Bertz CT molecular complexity index is 1750. The van der Waals surface area contributed by atoms with Crippen LogP contribution in [0.1, 0.15) is 99.8 Å². The van der Waals surface area contributed by atoms with Gasteiger partial charge in [0.25, 0.3) is 0 Å². The van der Waals surface area contributed by atoms with Gasteiger partial charge in [0.1, 0.15) is 28.7 Å². The number of benzene rings is 4. The Morgan fingerprint density at radius 2 is 0.906 bits per heavy atom. The number of hydrogen-bond donors (Lipinski definition) is 0. The molecule has 0 aliphatic carbocycles. The van der Waals surface area contributed by atoms with E-state index in [0.717, 1.165) is 51.4 Å². The molecule has 0 amide bonds. The van der Waals surface area contributed by atoms with Crippen LogP contribution in [0.3, 0.4) is 0 Å². The van der Waals surface area contributed by atoms with Crippen molar-refractivity contribution in [1.82, 2.24) is 0 Å². The average molecular weight is 728 g/mol. The number of nitro benzene ring substituents is 1. The van der Waals surface area contributed by atoms with Crippen LogP contribution < -0.4 is 28.4 Å². The summed E-state index contributed by atoms with van der Waals surface area (Å²) >= 11 is 0. The molecule has 0 fully saturated rings. The Balaban J connectivity index is 1.49. The van der Waals surface area contributed by atoms with Gasteiger partial charge in [-0.3, -0.25) is 10.1 Å². The number of unbranched alkanes of at least 4 members (excludes halogenated alkanes) is 4. The zero-order valence-corrected chi connectivity index (χ0v) is 31.0. The van der Waals surface area contributed by atoms with Gasteiger partial charge in [0, 0.05) is 18.2 Å². The van der Waals surface area contributed by atoms with E-state index in [4.69, 9.17) is 28.4 Å². The number of nitro groups is 1. The van der Waals surface area contributed by atoms with E-state index in [9.17, 15) is 19.7 Å². The van der Waals surface area contributed by atoms with E-state index >= 15 is 0 Å². The first-order valence-electron chi connectivity index (χ1n) is 18.4. The molecular formula is C42H49NO10. The van der Waals surface area contributed by atoms with E-state index in [2.05, 4.69) is 13.8 Å². The van der Waals surface area contributed by atoms with Crippen molar-refractivity contribution in [3.05, 3.63) is 100 Å². The number of esters is 2. The lowest BCUT2D eigenvalue weighted by Crippen LogP contribution is -2.11. The molecule has 11 nitrogen and oxygen atoms in total. The van der Waals surface area contributed by atoms with Crippen LogP contribution in [0.25, 0.3) is 11.1 Å². The molecule has 0 unspecified atom stereocenters. The van der Waals surface area contributed by atoms with E-state index in [1.807, 2.05) is 13.8 Å². The zero-order valence-electron chi connectivity index (χ0n) is 31.0. The second-order valence-electron chi connectivity index (χ2n) is 12.4. The Labute approximate surface area is 311 Å². The summed E-state index contributed by atoms with van der Waals surface area (Å²) in [6, 6.07) is 20.7. The van der Waals surface area contributed by atoms with Crippen LogP contribution in [0.15, 0.2) is 78.9 Å². The molecule has 0 atom stereocenters. The number of hydrogen-bond acceptors (Lipinski definition) is 10. The van der Waals surface area contributed by atoms with Crippen molar-refractivity contribution in [2.24, 2.45) is 0 Å². The highest BCUT2D eigenvalue weighted by Gasteiger charge is 2.22. The van der Waals surface area contributed by atoms with Crippen molar-refractivity contribution in [3.63, 3.8) is 0 Å². The molecule has 0 saturated heterocycles. The number of ether oxygens (including phenoxy) is 6. The fourth-order valence-corrected chi connectivity index (χ4v) is 5.02. The molecule has 4 aromatic rings. The van der Waals surface area contributed by atoms with Crippen molar-refractivity contribution < 1.29 is 42.9 Å².